The van der Waals surface area contributed by atoms with Crippen molar-refractivity contribution in [1.29, 1.82) is 0 Å². The smallest absolute Gasteiger partial charge is 0.264 e. The Kier molecular flexibility index (Phi) is 5.46. The largest absolute Gasteiger partial charge is 0.375 e. The fraction of sp³-hybridized carbons (Fsp3) is 0.133. The molecule has 0 heterocycles. The standard InChI is InChI=1S/C15H16N2O2S/c1-19-11-15(18)17-16-12-7-9-14(10-8-12)20-13-5-3-2-4-6-13/h2-10,16H,11H2,1H3,(H,17,18). The molecule has 0 spiro atoms. The Hall–Kier alpha value is -1.98. The van der Waals surface area contributed by atoms with Gasteiger partial charge in [-0.2, -0.15) is 0 Å². The van der Waals surface area contributed by atoms with Crippen LogP contribution >= 0.6 is 11.8 Å². The van der Waals surface area contributed by atoms with Gasteiger partial charge in [0.15, 0.2) is 0 Å². The van der Waals surface area contributed by atoms with Crippen molar-refractivity contribution in [2.45, 2.75) is 9.79 Å². The Balaban J connectivity index is 1.88. The highest BCUT2D eigenvalue weighted by Gasteiger charge is 2.00. The number of hydrogen-bond acceptors (Lipinski definition) is 4. The lowest BCUT2D eigenvalue weighted by atomic mass is 10.3. The van der Waals surface area contributed by atoms with E-state index in [4.69, 9.17) is 4.74 Å². The molecule has 0 aliphatic rings. The third-order valence-electron chi connectivity index (χ3n) is 2.45. The Morgan fingerprint density at radius 1 is 1.05 bits per heavy atom. The average Bonchev–Trinajstić information content (AvgIpc) is 2.48. The number of ether oxygens (including phenoxy) is 1. The van der Waals surface area contributed by atoms with E-state index in [0.717, 1.165) is 10.6 Å². The van der Waals surface area contributed by atoms with E-state index in [1.807, 2.05) is 42.5 Å². The molecule has 0 bridgehead atoms. The maximum absolute atomic E-state index is 11.2. The summed E-state index contributed by atoms with van der Waals surface area (Å²) in [5, 5.41) is 0. The molecule has 2 N–H and O–H groups in total. The van der Waals surface area contributed by atoms with Crippen LogP contribution in [0.15, 0.2) is 64.4 Å². The molecule has 104 valence electrons. The molecule has 5 heteroatoms. The van der Waals surface area contributed by atoms with Crippen LogP contribution in [0.1, 0.15) is 0 Å². The summed E-state index contributed by atoms with van der Waals surface area (Å²) in [6, 6.07) is 18.0. The van der Waals surface area contributed by atoms with E-state index in [1.54, 1.807) is 11.8 Å². The SMILES string of the molecule is COCC(=O)NNc1ccc(Sc2ccccc2)cc1. The molecular weight excluding hydrogens is 272 g/mol. The molecule has 0 radical (unpaired) electrons. The van der Waals surface area contributed by atoms with Crippen molar-refractivity contribution >= 4 is 23.4 Å². The summed E-state index contributed by atoms with van der Waals surface area (Å²) in [5.41, 5.74) is 6.21. The second kappa shape index (κ2) is 7.57. The number of carbonyl (C=O) groups is 1. The van der Waals surface area contributed by atoms with E-state index >= 15 is 0 Å². The predicted molar refractivity (Wildman–Crippen MR) is 80.6 cm³/mol. The maximum Gasteiger partial charge on any atom is 0.264 e. The molecule has 0 saturated carbocycles. The third kappa shape index (κ3) is 4.60. The Bertz CT molecular complexity index is 544. The molecule has 0 aromatic heterocycles. The number of rotatable bonds is 6. The van der Waals surface area contributed by atoms with Crippen molar-refractivity contribution < 1.29 is 9.53 Å². The number of carbonyl (C=O) groups excluding carboxylic acids is 1. The van der Waals surface area contributed by atoms with Gasteiger partial charge in [0.25, 0.3) is 5.91 Å². The van der Waals surface area contributed by atoms with Gasteiger partial charge in [0.05, 0.1) is 5.69 Å². The van der Waals surface area contributed by atoms with Crippen LogP contribution in [0.4, 0.5) is 5.69 Å². The predicted octanol–water partition coefficient (Wildman–Crippen LogP) is 2.93. The molecule has 0 atom stereocenters. The molecule has 4 nitrogen and oxygen atoms in total. The fourth-order valence-corrected chi connectivity index (χ4v) is 2.38. The highest BCUT2D eigenvalue weighted by atomic mass is 32.2. The molecular formula is C15H16N2O2S. The number of nitrogens with one attached hydrogen (secondary N) is 2. The highest BCUT2D eigenvalue weighted by molar-refractivity contribution is 7.99. The number of anilines is 1. The topological polar surface area (TPSA) is 50.4 Å². The molecule has 0 unspecified atom stereocenters. The van der Waals surface area contributed by atoms with Crippen LogP contribution in [0.3, 0.4) is 0 Å². The van der Waals surface area contributed by atoms with Crippen LogP contribution in [0.25, 0.3) is 0 Å². The van der Waals surface area contributed by atoms with Crippen molar-refractivity contribution in [3.8, 4) is 0 Å². The minimum absolute atomic E-state index is 0.0366. The van der Waals surface area contributed by atoms with E-state index in [2.05, 4.69) is 23.0 Å². The normalized spacial score (nSPS) is 10.1. The van der Waals surface area contributed by atoms with Crippen molar-refractivity contribution in [3.05, 3.63) is 54.6 Å². The van der Waals surface area contributed by atoms with Crippen molar-refractivity contribution in [3.63, 3.8) is 0 Å². The minimum atomic E-state index is -0.213. The van der Waals surface area contributed by atoms with Gasteiger partial charge in [-0.3, -0.25) is 15.6 Å². The zero-order valence-corrected chi connectivity index (χ0v) is 11.9. The summed E-state index contributed by atoms with van der Waals surface area (Å²) in [5.74, 6) is -0.213. The Labute approximate surface area is 122 Å². The first-order chi connectivity index (χ1) is 9.78. The summed E-state index contributed by atoms with van der Waals surface area (Å²) in [6.07, 6.45) is 0. The average molecular weight is 288 g/mol. The number of hydrogen-bond donors (Lipinski definition) is 2. The number of hydrazine groups is 1. The molecule has 2 aromatic rings. The number of methoxy groups -OCH3 is 1. The van der Waals surface area contributed by atoms with E-state index in [9.17, 15) is 4.79 Å². The van der Waals surface area contributed by atoms with E-state index < -0.39 is 0 Å². The van der Waals surface area contributed by atoms with Crippen molar-refractivity contribution in [2.75, 3.05) is 19.1 Å². The summed E-state index contributed by atoms with van der Waals surface area (Å²) >= 11 is 1.69. The first kappa shape index (κ1) is 14.4. The number of benzene rings is 2. The summed E-state index contributed by atoms with van der Waals surface area (Å²) in [6.45, 7) is 0.0366. The summed E-state index contributed by atoms with van der Waals surface area (Å²) in [4.78, 5) is 13.6. The zero-order chi connectivity index (χ0) is 14.2. The van der Waals surface area contributed by atoms with Crippen LogP contribution in [-0.2, 0) is 9.53 Å². The monoisotopic (exact) mass is 288 g/mol. The van der Waals surface area contributed by atoms with Crippen LogP contribution in [-0.4, -0.2) is 19.6 Å². The molecule has 0 aliphatic heterocycles. The van der Waals surface area contributed by atoms with Gasteiger partial charge in [-0.1, -0.05) is 30.0 Å². The van der Waals surface area contributed by atoms with Gasteiger partial charge in [-0.25, -0.2) is 0 Å². The second-order valence-electron chi connectivity index (χ2n) is 4.05. The second-order valence-corrected chi connectivity index (χ2v) is 5.19. The lowest BCUT2D eigenvalue weighted by Crippen LogP contribution is -2.32. The quantitative estimate of drug-likeness (QED) is 0.802. The van der Waals surface area contributed by atoms with Crippen LogP contribution in [0.2, 0.25) is 0 Å². The first-order valence-electron chi connectivity index (χ1n) is 6.14. The zero-order valence-electron chi connectivity index (χ0n) is 11.1. The Morgan fingerprint density at radius 3 is 2.35 bits per heavy atom. The molecule has 0 saturated heterocycles. The Morgan fingerprint density at radius 2 is 1.70 bits per heavy atom. The lowest BCUT2D eigenvalue weighted by Gasteiger charge is -2.08. The van der Waals surface area contributed by atoms with Crippen molar-refractivity contribution in [1.82, 2.24) is 5.43 Å². The minimum Gasteiger partial charge on any atom is -0.375 e. The summed E-state index contributed by atoms with van der Waals surface area (Å²) in [7, 11) is 1.48. The molecule has 2 rings (SSSR count). The third-order valence-corrected chi connectivity index (χ3v) is 3.47. The van der Waals surface area contributed by atoms with E-state index in [-0.39, 0.29) is 12.5 Å². The van der Waals surface area contributed by atoms with Gasteiger partial charge in [-0.05, 0) is 36.4 Å². The van der Waals surface area contributed by atoms with Gasteiger partial charge in [-0.15, -0.1) is 0 Å². The van der Waals surface area contributed by atoms with Gasteiger partial charge in [0.2, 0.25) is 0 Å². The molecule has 20 heavy (non-hydrogen) atoms. The highest BCUT2D eigenvalue weighted by Crippen LogP contribution is 2.27. The van der Waals surface area contributed by atoms with Gasteiger partial charge in [0, 0.05) is 16.9 Å². The van der Waals surface area contributed by atoms with Crippen LogP contribution < -0.4 is 10.9 Å². The van der Waals surface area contributed by atoms with E-state index in [0.29, 0.717) is 0 Å². The maximum atomic E-state index is 11.2. The van der Waals surface area contributed by atoms with Crippen molar-refractivity contribution in [2.24, 2.45) is 0 Å². The fourth-order valence-electron chi connectivity index (χ4n) is 1.54. The van der Waals surface area contributed by atoms with Gasteiger partial charge >= 0.3 is 0 Å². The van der Waals surface area contributed by atoms with Gasteiger partial charge in [0.1, 0.15) is 6.61 Å². The molecule has 1 amide bonds. The molecule has 0 fully saturated rings. The first-order valence-corrected chi connectivity index (χ1v) is 6.96. The summed E-state index contributed by atoms with van der Waals surface area (Å²) < 4.78 is 4.72. The number of amides is 1. The lowest BCUT2D eigenvalue weighted by molar-refractivity contribution is -0.124. The molecule has 2 aromatic carbocycles. The van der Waals surface area contributed by atoms with Crippen LogP contribution in [0, 0.1) is 0 Å². The van der Waals surface area contributed by atoms with Crippen LogP contribution in [0.5, 0.6) is 0 Å². The van der Waals surface area contributed by atoms with Gasteiger partial charge < -0.3 is 4.74 Å². The molecule has 0 aliphatic carbocycles. The van der Waals surface area contributed by atoms with E-state index in [1.165, 1.54) is 12.0 Å².